The molecule has 3 rings (SSSR count). The number of hydrogen-bond donors (Lipinski definition) is 1. The number of ether oxygens (including phenoxy) is 2. The molecule has 0 atom stereocenters. The van der Waals surface area contributed by atoms with E-state index >= 15 is 0 Å². The Morgan fingerprint density at radius 3 is 2.52 bits per heavy atom. The third kappa shape index (κ3) is 6.10. The molecule has 29 heavy (non-hydrogen) atoms. The second-order valence-corrected chi connectivity index (χ2v) is 7.36. The minimum absolute atomic E-state index is 0.245. The third-order valence-electron chi connectivity index (χ3n) is 4.50. The van der Waals surface area contributed by atoms with Gasteiger partial charge in [0.15, 0.2) is 0 Å². The van der Waals surface area contributed by atoms with Gasteiger partial charge in [0.1, 0.15) is 23.9 Å². The van der Waals surface area contributed by atoms with Crippen LogP contribution in [0.2, 0.25) is 10.0 Å². The summed E-state index contributed by atoms with van der Waals surface area (Å²) in [6.45, 7) is 1.62. The first kappa shape index (κ1) is 21.4. The van der Waals surface area contributed by atoms with E-state index in [0.29, 0.717) is 22.3 Å². The zero-order chi connectivity index (χ0) is 20.6. The normalized spacial score (nSPS) is 10.8. The van der Waals surface area contributed by atoms with Gasteiger partial charge in [-0.05, 0) is 54.9 Å². The monoisotopic (exact) mass is 433 g/mol. The topological polar surface area (TPSA) is 30.5 Å². The zero-order valence-electron chi connectivity index (χ0n) is 16.1. The Balaban J connectivity index is 1.59. The van der Waals surface area contributed by atoms with Crippen LogP contribution in [0.3, 0.4) is 0 Å². The summed E-state index contributed by atoms with van der Waals surface area (Å²) in [5.74, 6) is 1.22. The maximum atomic E-state index is 13.2. The quantitative estimate of drug-likeness (QED) is 0.416. The Hall–Kier alpha value is -2.27. The van der Waals surface area contributed by atoms with Crippen molar-refractivity contribution in [2.45, 2.75) is 19.6 Å². The van der Waals surface area contributed by atoms with Crippen molar-refractivity contribution in [2.24, 2.45) is 0 Å². The molecule has 152 valence electrons. The highest BCUT2D eigenvalue weighted by atomic mass is 35.5. The molecule has 0 fully saturated rings. The van der Waals surface area contributed by atoms with Gasteiger partial charge in [-0.15, -0.1) is 0 Å². The van der Waals surface area contributed by atoms with Crippen LogP contribution >= 0.6 is 23.2 Å². The lowest BCUT2D eigenvalue weighted by Crippen LogP contribution is -2.17. The van der Waals surface area contributed by atoms with E-state index in [1.165, 1.54) is 12.1 Å². The molecule has 6 heteroatoms. The summed E-state index contributed by atoms with van der Waals surface area (Å²) in [6.07, 6.45) is 0.839. The Kier molecular flexibility index (Phi) is 7.76. The molecule has 0 spiro atoms. The molecule has 0 saturated carbocycles. The molecule has 1 N–H and O–H groups in total. The fourth-order valence-electron chi connectivity index (χ4n) is 2.98. The maximum absolute atomic E-state index is 13.2. The smallest absolute Gasteiger partial charge is 0.124 e. The minimum Gasteiger partial charge on any atom is -0.496 e. The lowest BCUT2D eigenvalue weighted by atomic mass is 10.1. The predicted molar refractivity (Wildman–Crippen MR) is 116 cm³/mol. The number of para-hydroxylation sites is 1. The summed E-state index contributed by atoms with van der Waals surface area (Å²) in [5.41, 5.74) is 2.81. The maximum Gasteiger partial charge on any atom is 0.124 e. The van der Waals surface area contributed by atoms with E-state index in [-0.39, 0.29) is 12.4 Å². The number of halogens is 3. The number of benzene rings is 3. The van der Waals surface area contributed by atoms with Gasteiger partial charge in [-0.25, -0.2) is 4.39 Å². The molecule has 0 aromatic heterocycles. The summed E-state index contributed by atoms with van der Waals surface area (Å²) in [4.78, 5) is 0. The van der Waals surface area contributed by atoms with Crippen molar-refractivity contribution in [3.63, 3.8) is 0 Å². The Labute approximate surface area is 180 Å². The van der Waals surface area contributed by atoms with Crippen LogP contribution in [0.1, 0.15) is 16.7 Å². The van der Waals surface area contributed by atoms with Crippen LogP contribution in [-0.2, 0) is 19.6 Å². The third-order valence-corrected chi connectivity index (χ3v) is 5.09. The minimum atomic E-state index is -0.370. The SMILES string of the molecule is COc1ccccc1CCNCc1cc(Cl)ccc1OCc1ccc(F)cc1Cl. The van der Waals surface area contributed by atoms with E-state index in [4.69, 9.17) is 32.7 Å². The Morgan fingerprint density at radius 1 is 0.897 bits per heavy atom. The molecular weight excluding hydrogens is 412 g/mol. The van der Waals surface area contributed by atoms with Gasteiger partial charge >= 0.3 is 0 Å². The summed E-state index contributed by atoms with van der Waals surface area (Å²) in [7, 11) is 1.68. The van der Waals surface area contributed by atoms with E-state index in [2.05, 4.69) is 11.4 Å². The average Bonchev–Trinajstić information content (AvgIpc) is 2.72. The first-order valence-corrected chi connectivity index (χ1v) is 10.00. The first-order chi connectivity index (χ1) is 14.1. The van der Waals surface area contributed by atoms with Crippen molar-refractivity contribution in [3.8, 4) is 11.5 Å². The van der Waals surface area contributed by atoms with E-state index in [0.717, 1.165) is 35.4 Å². The highest BCUT2D eigenvalue weighted by Gasteiger charge is 2.08. The van der Waals surface area contributed by atoms with Crippen molar-refractivity contribution in [1.29, 1.82) is 0 Å². The summed E-state index contributed by atoms with van der Waals surface area (Å²) in [6, 6.07) is 17.7. The van der Waals surface area contributed by atoms with Gasteiger partial charge in [-0.1, -0.05) is 47.5 Å². The van der Waals surface area contributed by atoms with Crippen LogP contribution in [0.15, 0.2) is 60.7 Å². The highest BCUT2D eigenvalue weighted by Crippen LogP contribution is 2.26. The van der Waals surface area contributed by atoms with Gasteiger partial charge in [0.05, 0.1) is 12.1 Å². The number of nitrogens with one attached hydrogen (secondary N) is 1. The molecule has 3 nitrogen and oxygen atoms in total. The molecule has 0 bridgehead atoms. The van der Waals surface area contributed by atoms with E-state index in [1.54, 1.807) is 19.2 Å². The highest BCUT2D eigenvalue weighted by molar-refractivity contribution is 6.31. The van der Waals surface area contributed by atoms with Gasteiger partial charge in [0, 0.05) is 22.7 Å². The molecule has 0 heterocycles. The largest absolute Gasteiger partial charge is 0.496 e. The van der Waals surface area contributed by atoms with Crippen molar-refractivity contribution < 1.29 is 13.9 Å². The van der Waals surface area contributed by atoms with Gasteiger partial charge in [0.25, 0.3) is 0 Å². The molecule has 0 saturated heterocycles. The zero-order valence-corrected chi connectivity index (χ0v) is 17.6. The van der Waals surface area contributed by atoms with Crippen LogP contribution in [0.25, 0.3) is 0 Å². The van der Waals surface area contributed by atoms with Gasteiger partial charge in [-0.3, -0.25) is 0 Å². The molecule has 0 aliphatic carbocycles. The standard InChI is InChI=1S/C23H22Cl2FNO2/c1-28-22-5-3-2-4-16(22)10-11-27-14-18-12-19(24)7-9-23(18)29-15-17-6-8-20(26)13-21(17)25/h2-9,12-13,27H,10-11,14-15H2,1H3. The first-order valence-electron chi connectivity index (χ1n) is 9.24. The molecule has 0 radical (unpaired) electrons. The number of methoxy groups -OCH3 is 1. The second kappa shape index (κ2) is 10.5. The van der Waals surface area contributed by atoms with Crippen LogP contribution in [0, 0.1) is 5.82 Å². The van der Waals surface area contributed by atoms with Gasteiger partial charge in [0.2, 0.25) is 0 Å². The van der Waals surface area contributed by atoms with Crippen LogP contribution < -0.4 is 14.8 Å². The fourth-order valence-corrected chi connectivity index (χ4v) is 3.39. The van der Waals surface area contributed by atoms with Gasteiger partial charge in [-0.2, -0.15) is 0 Å². The van der Waals surface area contributed by atoms with Crippen LogP contribution in [0.4, 0.5) is 4.39 Å². The summed E-state index contributed by atoms with van der Waals surface area (Å²) in [5, 5.41) is 4.40. The van der Waals surface area contributed by atoms with E-state index in [1.807, 2.05) is 30.3 Å². The molecular formula is C23H22Cl2FNO2. The summed E-state index contributed by atoms with van der Waals surface area (Å²) < 4.78 is 24.5. The molecule has 3 aromatic carbocycles. The molecule has 0 aliphatic heterocycles. The lowest BCUT2D eigenvalue weighted by molar-refractivity contribution is 0.302. The van der Waals surface area contributed by atoms with E-state index in [9.17, 15) is 4.39 Å². The Morgan fingerprint density at radius 2 is 1.72 bits per heavy atom. The van der Waals surface area contributed by atoms with Gasteiger partial charge < -0.3 is 14.8 Å². The number of hydrogen-bond acceptors (Lipinski definition) is 3. The van der Waals surface area contributed by atoms with Crippen LogP contribution in [0.5, 0.6) is 11.5 Å². The van der Waals surface area contributed by atoms with Crippen molar-refractivity contribution in [3.05, 3.63) is 93.2 Å². The number of rotatable bonds is 9. The average molecular weight is 434 g/mol. The van der Waals surface area contributed by atoms with Crippen molar-refractivity contribution in [1.82, 2.24) is 5.32 Å². The molecule has 0 unspecified atom stereocenters. The van der Waals surface area contributed by atoms with Crippen LogP contribution in [-0.4, -0.2) is 13.7 Å². The second-order valence-electron chi connectivity index (χ2n) is 6.52. The molecule has 0 aliphatic rings. The molecule has 0 amide bonds. The Bertz CT molecular complexity index is 965. The van der Waals surface area contributed by atoms with E-state index < -0.39 is 0 Å². The summed E-state index contributed by atoms with van der Waals surface area (Å²) >= 11 is 12.2. The fraction of sp³-hybridized carbons (Fsp3) is 0.217. The predicted octanol–water partition coefficient (Wildman–Crippen LogP) is 6.05. The van der Waals surface area contributed by atoms with Crippen molar-refractivity contribution >= 4 is 23.2 Å². The van der Waals surface area contributed by atoms with Crippen molar-refractivity contribution in [2.75, 3.05) is 13.7 Å². The lowest BCUT2D eigenvalue weighted by Gasteiger charge is -2.14. The molecule has 3 aromatic rings.